The smallest absolute Gasteiger partial charge is 0.237 e. The van der Waals surface area contributed by atoms with E-state index in [1.165, 1.54) is 0 Å². The van der Waals surface area contributed by atoms with Gasteiger partial charge in [0.2, 0.25) is 5.91 Å². The largest absolute Gasteiger partial charge is 0.496 e. The molecule has 1 amide bonds. The molecule has 23 heavy (non-hydrogen) atoms. The molecular formula is C18H27ClN2O2. The molecule has 2 rings (SSSR count). The summed E-state index contributed by atoms with van der Waals surface area (Å²) in [5, 5.41) is 0.681. The van der Waals surface area contributed by atoms with Crippen LogP contribution < -0.4 is 4.74 Å². The number of likely N-dealkylation sites (N-methyl/N-ethyl adjacent to an activating group) is 1. The highest BCUT2D eigenvalue weighted by Crippen LogP contribution is 2.28. The molecule has 0 saturated heterocycles. The SMILES string of the molecule is COc1ccc(Cl)cc1CN(C)CC(=O)N(CC(C)C)C1CC1. The van der Waals surface area contributed by atoms with Gasteiger partial charge in [0.25, 0.3) is 0 Å². The van der Waals surface area contributed by atoms with Gasteiger partial charge in [-0.1, -0.05) is 25.4 Å². The second-order valence-electron chi connectivity index (χ2n) is 6.80. The zero-order valence-corrected chi connectivity index (χ0v) is 15.3. The predicted octanol–water partition coefficient (Wildman–Crippen LogP) is 3.43. The topological polar surface area (TPSA) is 32.8 Å². The number of methoxy groups -OCH3 is 1. The summed E-state index contributed by atoms with van der Waals surface area (Å²) in [5.74, 6) is 1.51. The van der Waals surface area contributed by atoms with Gasteiger partial charge in [-0.25, -0.2) is 0 Å². The van der Waals surface area contributed by atoms with Crippen molar-refractivity contribution in [1.29, 1.82) is 0 Å². The lowest BCUT2D eigenvalue weighted by Crippen LogP contribution is -2.42. The zero-order chi connectivity index (χ0) is 17.0. The van der Waals surface area contributed by atoms with E-state index in [4.69, 9.17) is 16.3 Å². The number of halogens is 1. The molecule has 128 valence electrons. The third-order valence-electron chi connectivity index (χ3n) is 3.96. The summed E-state index contributed by atoms with van der Waals surface area (Å²) in [6.07, 6.45) is 2.29. The van der Waals surface area contributed by atoms with Crippen LogP contribution in [0.3, 0.4) is 0 Å². The fourth-order valence-corrected chi connectivity index (χ4v) is 2.97. The first kappa shape index (κ1) is 18.1. The molecule has 1 fully saturated rings. The Labute approximate surface area is 144 Å². The molecule has 0 atom stereocenters. The summed E-state index contributed by atoms with van der Waals surface area (Å²) in [6, 6.07) is 6.03. The fraction of sp³-hybridized carbons (Fsp3) is 0.611. The van der Waals surface area contributed by atoms with Crippen molar-refractivity contribution in [3.63, 3.8) is 0 Å². The Morgan fingerprint density at radius 3 is 2.65 bits per heavy atom. The summed E-state index contributed by atoms with van der Waals surface area (Å²) in [4.78, 5) is 16.7. The minimum atomic E-state index is 0.213. The van der Waals surface area contributed by atoms with Gasteiger partial charge in [-0.15, -0.1) is 0 Å². The van der Waals surface area contributed by atoms with Gasteiger partial charge in [-0.3, -0.25) is 9.69 Å². The summed E-state index contributed by atoms with van der Waals surface area (Å²) >= 11 is 6.07. The van der Waals surface area contributed by atoms with Crippen LogP contribution in [0.2, 0.25) is 5.02 Å². The summed E-state index contributed by atoms with van der Waals surface area (Å²) in [7, 11) is 3.61. The number of hydrogen-bond acceptors (Lipinski definition) is 3. The highest BCUT2D eigenvalue weighted by atomic mass is 35.5. The van der Waals surface area contributed by atoms with E-state index in [-0.39, 0.29) is 5.91 Å². The first-order valence-electron chi connectivity index (χ1n) is 8.21. The molecule has 0 N–H and O–H groups in total. The molecule has 0 heterocycles. The second kappa shape index (κ2) is 8.02. The molecule has 0 bridgehead atoms. The highest BCUT2D eigenvalue weighted by Gasteiger charge is 2.32. The van der Waals surface area contributed by atoms with Crippen molar-refractivity contribution in [3.05, 3.63) is 28.8 Å². The Bertz CT molecular complexity index is 544. The first-order chi connectivity index (χ1) is 10.9. The Morgan fingerprint density at radius 1 is 1.39 bits per heavy atom. The number of nitrogens with zero attached hydrogens (tertiary/aromatic N) is 2. The van der Waals surface area contributed by atoms with Gasteiger partial charge in [-0.05, 0) is 44.0 Å². The number of hydrogen-bond donors (Lipinski definition) is 0. The lowest BCUT2D eigenvalue weighted by molar-refractivity contribution is -0.133. The number of rotatable bonds is 8. The minimum absolute atomic E-state index is 0.213. The lowest BCUT2D eigenvalue weighted by atomic mass is 10.2. The Balaban J connectivity index is 1.97. The zero-order valence-electron chi connectivity index (χ0n) is 14.5. The lowest BCUT2D eigenvalue weighted by Gasteiger charge is -2.27. The molecule has 4 nitrogen and oxygen atoms in total. The van der Waals surface area contributed by atoms with Crippen molar-refractivity contribution in [1.82, 2.24) is 9.80 Å². The van der Waals surface area contributed by atoms with Crippen LogP contribution in [0.5, 0.6) is 5.75 Å². The van der Waals surface area contributed by atoms with Gasteiger partial charge in [0.1, 0.15) is 5.75 Å². The van der Waals surface area contributed by atoms with Crippen molar-refractivity contribution in [2.45, 2.75) is 39.3 Å². The molecule has 0 aromatic heterocycles. The van der Waals surface area contributed by atoms with E-state index in [1.54, 1.807) is 7.11 Å². The van der Waals surface area contributed by atoms with Crippen molar-refractivity contribution >= 4 is 17.5 Å². The van der Waals surface area contributed by atoms with Crippen molar-refractivity contribution < 1.29 is 9.53 Å². The van der Waals surface area contributed by atoms with Crippen LogP contribution in [0.4, 0.5) is 0 Å². The van der Waals surface area contributed by atoms with E-state index in [0.29, 0.717) is 30.1 Å². The summed E-state index contributed by atoms with van der Waals surface area (Å²) in [5.41, 5.74) is 0.997. The average molecular weight is 339 g/mol. The van der Waals surface area contributed by atoms with Gasteiger partial charge < -0.3 is 9.64 Å². The second-order valence-corrected chi connectivity index (χ2v) is 7.24. The van der Waals surface area contributed by atoms with Crippen LogP contribution in [0, 0.1) is 5.92 Å². The molecule has 0 spiro atoms. The summed E-state index contributed by atoms with van der Waals surface area (Å²) in [6.45, 7) is 6.21. The van der Waals surface area contributed by atoms with Crippen LogP contribution in [0.15, 0.2) is 18.2 Å². The van der Waals surface area contributed by atoms with Gasteiger partial charge in [0.15, 0.2) is 0 Å². The van der Waals surface area contributed by atoms with E-state index in [1.807, 2.05) is 30.1 Å². The fourth-order valence-electron chi connectivity index (χ4n) is 2.77. The molecule has 0 aliphatic heterocycles. The van der Waals surface area contributed by atoms with Gasteiger partial charge in [0, 0.05) is 29.7 Å². The third-order valence-corrected chi connectivity index (χ3v) is 4.19. The number of carbonyl (C=O) groups is 1. The van der Waals surface area contributed by atoms with E-state index in [0.717, 1.165) is 30.7 Å². The molecular weight excluding hydrogens is 312 g/mol. The Morgan fingerprint density at radius 2 is 2.09 bits per heavy atom. The van der Waals surface area contributed by atoms with Crippen molar-refractivity contribution in [3.8, 4) is 5.75 Å². The van der Waals surface area contributed by atoms with E-state index < -0.39 is 0 Å². The molecule has 0 unspecified atom stereocenters. The number of benzene rings is 1. The highest BCUT2D eigenvalue weighted by molar-refractivity contribution is 6.30. The normalized spacial score (nSPS) is 14.4. The summed E-state index contributed by atoms with van der Waals surface area (Å²) < 4.78 is 5.37. The van der Waals surface area contributed by atoms with E-state index in [9.17, 15) is 4.79 Å². The standard InChI is InChI=1S/C18H27ClN2O2/c1-13(2)10-21(16-6-7-16)18(22)12-20(3)11-14-9-15(19)5-8-17(14)23-4/h5,8-9,13,16H,6-7,10-12H2,1-4H3. The van der Waals surface area contributed by atoms with Gasteiger partial charge in [0.05, 0.1) is 13.7 Å². The van der Waals surface area contributed by atoms with Crippen LogP contribution in [-0.4, -0.2) is 49.0 Å². The Hall–Kier alpha value is -1.26. The maximum absolute atomic E-state index is 12.6. The van der Waals surface area contributed by atoms with Crippen molar-refractivity contribution in [2.75, 3.05) is 27.2 Å². The number of ether oxygens (including phenoxy) is 1. The molecule has 1 aromatic rings. The molecule has 1 aliphatic carbocycles. The molecule has 1 aromatic carbocycles. The van der Waals surface area contributed by atoms with Gasteiger partial charge in [-0.2, -0.15) is 0 Å². The van der Waals surface area contributed by atoms with Crippen molar-refractivity contribution in [2.24, 2.45) is 5.92 Å². The maximum atomic E-state index is 12.6. The van der Waals surface area contributed by atoms with Crippen LogP contribution in [0.1, 0.15) is 32.3 Å². The van der Waals surface area contributed by atoms with E-state index in [2.05, 4.69) is 18.7 Å². The maximum Gasteiger partial charge on any atom is 0.237 e. The average Bonchev–Trinajstić information content (AvgIpc) is 3.29. The molecule has 0 radical (unpaired) electrons. The first-order valence-corrected chi connectivity index (χ1v) is 8.59. The van der Waals surface area contributed by atoms with Crippen LogP contribution >= 0.6 is 11.6 Å². The van der Waals surface area contributed by atoms with E-state index >= 15 is 0 Å². The Kier molecular flexibility index (Phi) is 6.31. The van der Waals surface area contributed by atoms with Crippen LogP contribution in [-0.2, 0) is 11.3 Å². The quantitative estimate of drug-likeness (QED) is 0.728. The van der Waals surface area contributed by atoms with Crippen LogP contribution in [0.25, 0.3) is 0 Å². The predicted molar refractivity (Wildman–Crippen MR) is 93.9 cm³/mol. The monoisotopic (exact) mass is 338 g/mol. The third kappa shape index (κ3) is 5.40. The molecule has 5 heteroatoms. The molecule has 1 saturated carbocycles. The molecule has 1 aliphatic rings. The number of amides is 1. The van der Waals surface area contributed by atoms with Gasteiger partial charge >= 0.3 is 0 Å². The number of carbonyl (C=O) groups excluding carboxylic acids is 1. The minimum Gasteiger partial charge on any atom is -0.496 e.